The highest BCUT2D eigenvalue weighted by atomic mass is 19.4. The molecule has 2 aliphatic rings. The Hall–Kier alpha value is -3.73. The van der Waals surface area contributed by atoms with Crippen LogP contribution in [0.5, 0.6) is 5.75 Å². The van der Waals surface area contributed by atoms with Gasteiger partial charge in [0.05, 0.1) is 35.4 Å². The van der Waals surface area contributed by atoms with Crippen molar-refractivity contribution < 1.29 is 22.7 Å². The second kappa shape index (κ2) is 8.81. The molecule has 1 atom stereocenters. The van der Waals surface area contributed by atoms with Crippen LogP contribution < -0.4 is 15.4 Å². The van der Waals surface area contributed by atoms with Gasteiger partial charge in [-0.25, -0.2) is 0 Å². The Kier molecular flexibility index (Phi) is 6.14. The van der Waals surface area contributed by atoms with E-state index in [0.29, 0.717) is 35.6 Å². The van der Waals surface area contributed by atoms with Gasteiger partial charge < -0.3 is 10.5 Å². The number of nitrogens with zero attached hydrogens (tertiary/aromatic N) is 2. The van der Waals surface area contributed by atoms with Gasteiger partial charge in [0, 0.05) is 17.7 Å². The lowest BCUT2D eigenvalue weighted by Gasteiger charge is -2.44. The molecule has 1 aliphatic heterocycles. The summed E-state index contributed by atoms with van der Waals surface area (Å²) in [7, 11) is 0. The van der Waals surface area contributed by atoms with Crippen LogP contribution in [0.4, 0.5) is 18.9 Å². The molecule has 5 nitrogen and oxygen atoms in total. The second-order valence-corrected chi connectivity index (χ2v) is 9.50. The zero-order valence-corrected chi connectivity index (χ0v) is 19.7. The maximum absolute atomic E-state index is 14.0. The second-order valence-electron chi connectivity index (χ2n) is 9.50. The van der Waals surface area contributed by atoms with Gasteiger partial charge in [0.15, 0.2) is 5.78 Å². The molecular weight excluding hydrogens is 455 g/mol. The predicted molar refractivity (Wildman–Crippen MR) is 126 cm³/mol. The standard InChI is InChI=1S/C27H26F3N3O2/c1-4-35-17-11-9-16(10-12-17)23-18(15-31)25(32)33(20-8-6-5-7-19(20)27(28,29)30)21-13-26(2,3)14-22(34)24(21)23/h5-12,23H,4,13-14,32H2,1-3H3. The van der Waals surface area contributed by atoms with Crippen molar-refractivity contribution in [2.45, 2.75) is 45.7 Å². The molecule has 1 unspecified atom stereocenters. The summed E-state index contributed by atoms with van der Waals surface area (Å²) < 4.78 is 47.4. The van der Waals surface area contributed by atoms with E-state index >= 15 is 0 Å². The molecule has 0 radical (unpaired) electrons. The van der Waals surface area contributed by atoms with Gasteiger partial charge >= 0.3 is 6.18 Å². The number of nitriles is 1. The van der Waals surface area contributed by atoms with Crippen LogP contribution in [-0.4, -0.2) is 12.4 Å². The topological polar surface area (TPSA) is 79.3 Å². The monoisotopic (exact) mass is 481 g/mol. The van der Waals surface area contributed by atoms with Crippen LogP contribution in [0.3, 0.4) is 0 Å². The first-order valence-electron chi connectivity index (χ1n) is 11.3. The molecule has 2 N–H and O–H groups in total. The highest BCUT2D eigenvalue weighted by molar-refractivity contribution is 6.01. The van der Waals surface area contributed by atoms with Gasteiger partial charge in [0.1, 0.15) is 11.6 Å². The van der Waals surface area contributed by atoms with Crippen LogP contribution in [0.2, 0.25) is 0 Å². The zero-order chi connectivity index (χ0) is 25.5. The SMILES string of the molecule is CCOc1ccc(C2C(C#N)=C(N)N(c3ccccc3C(F)(F)F)C3=C2C(=O)CC(C)(C)C3)cc1. The normalized spacial score (nSPS) is 20.0. The lowest BCUT2D eigenvalue weighted by atomic mass is 9.68. The number of anilines is 1. The Morgan fingerprint density at radius 1 is 1.14 bits per heavy atom. The van der Waals surface area contributed by atoms with Crippen LogP contribution in [0.15, 0.2) is 71.2 Å². The molecule has 1 aliphatic carbocycles. The summed E-state index contributed by atoms with van der Waals surface area (Å²) in [5, 5.41) is 10.1. The molecule has 35 heavy (non-hydrogen) atoms. The lowest BCUT2D eigenvalue weighted by molar-refractivity contribution is -0.137. The van der Waals surface area contributed by atoms with Crippen LogP contribution in [0, 0.1) is 16.7 Å². The number of rotatable bonds is 4. The summed E-state index contributed by atoms with van der Waals surface area (Å²) in [5.74, 6) is -0.450. The van der Waals surface area contributed by atoms with E-state index < -0.39 is 23.1 Å². The molecule has 182 valence electrons. The number of carbonyl (C=O) groups is 1. The minimum absolute atomic E-state index is 0.0398. The predicted octanol–water partition coefficient (Wildman–Crippen LogP) is 6.04. The maximum Gasteiger partial charge on any atom is 0.418 e. The third-order valence-electron chi connectivity index (χ3n) is 6.36. The fourth-order valence-electron chi connectivity index (χ4n) is 4.95. The van der Waals surface area contributed by atoms with Gasteiger partial charge in [-0.05, 0) is 48.6 Å². The highest BCUT2D eigenvalue weighted by Gasteiger charge is 2.46. The van der Waals surface area contributed by atoms with Crippen molar-refractivity contribution in [2.24, 2.45) is 11.1 Å². The van der Waals surface area contributed by atoms with Crippen molar-refractivity contribution in [3.05, 3.63) is 82.3 Å². The molecule has 4 rings (SSSR count). The summed E-state index contributed by atoms with van der Waals surface area (Å²) in [6, 6.07) is 14.2. The van der Waals surface area contributed by atoms with Gasteiger partial charge in [0.2, 0.25) is 0 Å². The molecular formula is C27H26F3N3O2. The Labute approximate surface area is 202 Å². The first kappa shape index (κ1) is 24.4. The molecule has 0 fully saturated rings. The van der Waals surface area contributed by atoms with Gasteiger partial charge in [-0.1, -0.05) is 38.1 Å². The molecule has 0 bridgehead atoms. The lowest BCUT2D eigenvalue weighted by Crippen LogP contribution is -2.42. The van der Waals surface area contributed by atoms with E-state index in [1.54, 1.807) is 24.3 Å². The van der Waals surface area contributed by atoms with Crippen molar-refractivity contribution >= 4 is 11.5 Å². The fourth-order valence-corrected chi connectivity index (χ4v) is 4.95. The molecule has 1 heterocycles. The number of alkyl halides is 3. The van der Waals surface area contributed by atoms with Crippen LogP contribution in [0.1, 0.15) is 50.7 Å². The van der Waals surface area contributed by atoms with E-state index in [-0.39, 0.29) is 29.3 Å². The van der Waals surface area contributed by atoms with E-state index in [1.165, 1.54) is 23.1 Å². The zero-order valence-electron chi connectivity index (χ0n) is 19.7. The molecule has 0 spiro atoms. The number of halogens is 3. The minimum Gasteiger partial charge on any atom is -0.494 e. The summed E-state index contributed by atoms with van der Waals surface area (Å²) in [5.41, 5.74) is 6.30. The van der Waals surface area contributed by atoms with Crippen molar-refractivity contribution in [1.82, 2.24) is 0 Å². The van der Waals surface area contributed by atoms with Gasteiger partial charge in [-0.3, -0.25) is 9.69 Å². The van der Waals surface area contributed by atoms with Crippen molar-refractivity contribution in [3.63, 3.8) is 0 Å². The number of hydrogen-bond acceptors (Lipinski definition) is 5. The minimum atomic E-state index is -4.65. The van der Waals surface area contributed by atoms with Crippen LogP contribution in [0.25, 0.3) is 0 Å². The van der Waals surface area contributed by atoms with E-state index in [9.17, 15) is 23.2 Å². The summed E-state index contributed by atoms with van der Waals surface area (Å²) >= 11 is 0. The van der Waals surface area contributed by atoms with Crippen molar-refractivity contribution in [1.29, 1.82) is 5.26 Å². The smallest absolute Gasteiger partial charge is 0.418 e. The number of para-hydroxylation sites is 1. The number of carbonyl (C=O) groups excluding carboxylic acids is 1. The number of ketones is 1. The molecule has 2 aromatic carbocycles. The average molecular weight is 482 g/mol. The van der Waals surface area contributed by atoms with Crippen LogP contribution >= 0.6 is 0 Å². The summed E-state index contributed by atoms with van der Waals surface area (Å²) in [6.45, 7) is 6.14. The first-order chi connectivity index (χ1) is 16.5. The Bertz CT molecular complexity index is 1270. The number of ether oxygens (including phenoxy) is 1. The summed E-state index contributed by atoms with van der Waals surface area (Å²) in [4.78, 5) is 14.8. The largest absolute Gasteiger partial charge is 0.494 e. The molecule has 2 aromatic rings. The molecule has 0 aromatic heterocycles. The van der Waals surface area contributed by atoms with Crippen molar-refractivity contribution in [3.8, 4) is 11.8 Å². The van der Waals surface area contributed by atoms with E-state index in [4.69, 9.17) is 10.5 Å². The number of Topliss-reactive ketones (excluding diaryl/α,β-unsaturated/α-hetero) is 1. The molecule has 0 amide bonds. The third kappa shape index (κ3) is 4.39. The Balaban J connectivity index is 1.99. The van der Waals surface area contributed by atoms with E-state index in [2.05, 4.69) is 6.07 Å². The molecule has 8 heteroatoms. The van der Waals surface area contributed by atoms with E-state index in [1.807, 2.05) is 20.8 Å². The fraction of sp³-hybridized carbons (Fsp3) is 0.333. The first-order valence-corrected chi connectivity index (χ1v) is 11.3. The Morgan fingerprint density at radius 3 is 2.40 bits per heavy atom. The van der Waals surface area contributed by atoms with Crippen molar-refractivity contribution in [2.75, 3.05) is 11.5 Å². The number of hydrogen-bond donors (Lipinski definition) is 1. The molecule has 0 saturated heterocycles. The third-order valence-corrected chi connectivity index (χ3v) is 6.36. The quantitative estimate of drug-likeness (QED) is 0.576. The average Bonchev–Trinajstić information content (AvgIpc) is 2.78. The summed E-state index contributed by atoms with van der Waals surface area (Å²) in [6.07, 6.45) is -4.11. The number of nitrogens with two attached hydrogens (primary N) is 1. The van der Waals surface area contributed by atoms with Gasteiger partial charge in [0.25, 0.3) is 0 Å². The van der Waals surface area contributed by atoms with Gasteiger partial charge in [-0.15, -0.1) is 0 Å². The Morgan fingerprint density at radius 2 is 1.80 bits per heavy atom. The van der Waals surface area contributed by atoms with Gasteiger partial charge in [-0.2, -0.15) is 18.4 Å². The van der Waals surface area contributed by atoms with E-state index in [0.717, 1.165) is 6.07 Å². The number of benzene rings is 2. The van der Waals surface area contributed by atoms with Crippen LogP contribution in [-0.2, 0) is 11.0 Å². The molecule has 0 saturated carbocycles. The number of allylic oxidation sites excluding steroid dienone is 3. The highest BCUT2D eigenvalue weighted by Crippen LogP contribution is 2.51. The maximum atomic E-state index is 14.0.